The zero-order valence-electron chi connectivity index (χ0n) is 7.32. The highest BCUT2D eigenvalue weighted by Crippen LogP contribution is 1.95. The van der Waals surface area contributed by atoms with Crippen molar-refractivity contribution in [1.29, 1.82) is 0 Å². The summed E-state index contributed by atoms with van der Waals surface area (Å²) in [6.07, 6.45) is 0.0736. The maximum absolute atomic E-state index is 10.7. The van der Waals surface area contributed by atoms with E-state index in [0.717, 1.165) is 0 Å². The van der Waals surface area contributed by atoms with Crippen LogP contribution >= 0.6 is 12.4 Å². The lowest BCUT2D eigenvalue weighted by atomic mass is 10.2. The lowest BCUT2D eigenvalue weighted by Gasteiger charge is -2.10. The van der Waals surface area contributed by atoms with Gasteiger partial charge in [-0.15, -0.1) is 12.4 Å². The van der Waals surface area contributed by atoms with E-state index in [9.17, 15) is 14.7 Å². The van der Waals surface area contributed by atoms with Crippen LogP contribution < -0.4 is 10.8 Å². The highest BCUT2D eigenvalue weighted by molar-refractivity contribution is 5.85. The number of carbonyl (C=O) groups is 2. The molecule has 1 atom stereocenters. The van der Waals surface area contributed by atoms with Gasteiger partial charge < -0.3 is 20.4 Å². The molecule has 0 rings (SSSR count). The van der Waals surface area contributed by atoms with Gasteiger partial charge in [0.15, 0.2) is 0 Å². The van der Waals surface area contributed by atoms with Gasteiger partial charge in [-0.05, 0) is 13.3 Å². The second kappa shape index (κ2) is 7.82. The molecule has 78 valence electrons. The lowest BCUT2D eigenvalue weighted by Crippen LogP contribution is -2.42. The lowest BCUT2D eigenvalue weighted by molar-refractivity contribution is -0.307. The molecule has 0 aliphatic rings. The van der Waals surface area contributed by atoms with Crippen LogP contribution in [-0.2, 0) is 14.3 Å². The van der Waals surface area contributed by atoms with Crippen LogP contribution in [0.2, 0.25) is 0 Å². The summed E-state index contributed by atoms with van der Waals surface area (Å²) in [6.45, 7) is 1.97. The predicted molar refractivity (Wildman–Crippen MR) is 46.1 cm³/mol. The molecule has 0 fully saturated rings. The monoisotopic (exact) mass is 210 g/mol. The zero-order valence-corrected chi connectivity index (χ0v) is 8.13. The molecule has 0 saturated carbocycles. The summed E-state index contributed by atoms with van der Waals surface area (Å²) in [6, 6.07) is -1.09. The third-order valence-corrected chi connectivity index (χ3v) is 1.27. The van der Waals surface area contributed by atoms with Crippen LogP contribution in [0.4, 0.5) is 0 Å². The summed E-state index contributed by atoms with van der Waals surface area (Å²) in [5.41, 5.74) is 5.09. The molecular formula is C7H13ClNO4-. The highest BCUT2D eigenvalue weighted by Gasteiger charge is 2.07. The largest absolute Gasteiger partial charge is 0.548 e. The molecule has 0 aromatic heterocycles. The molecule has 0 aromatic rings. The Hall–Kier alpha value is -0.810. The molecule has 0 radical (unpaired) electrons. The van der Waals surface area contributed by atoms with E-state index in [1.807, 2.05) is 0 Å². The topological polar surface area (TPSA) is 92.5 Å². The SMILES string of the molecule is CCOC(=O)CCC(N)C(=O)[O-].Cl. The minimum Gasteiger partial charge on any atom is -0.548 e. The Kier molecular flexibility index (Phi) is 8.84. The van der Waals surface area contributed by atoms with E-state index in [1.54, 1.807) is 6.92 Å². The summed E-state index contributed by atoms with van der Waals surface area (Å²) < 4.78 is 4.56. The molecule has 5 nitrogen and oxygen atoms in total. The van der Waals surface area contributed by atoms with Gasteiger partial charge in [0.25, 0.3) is 0 Å². The molecule has 0 heterocycles. The molecule has 0 aliphatic carbocycles. The summed E-state index contributed by atoms with van der Waals surface area (Å²) in [4.78, 5) is 20.8. The maximum Gasteiger partial charge on any atom is 0.305 e. The van der Waals surface area contributed by atoms with Crippen molar-refractivity contribution >= 4 is 24.3 Å². The molecule has 0 aliphatic heterocycles. The molecule has 13 heavy (non-hydrogen) atoms. The van der Waals surface area contributed by atoms with E-state index in [1.165, 1.54) is 0 Å². The van der Waals surface area contributed by atoms with E-state index >= 15 is 0 Å². The van der Waals surface area contributed by atoms with E-state index in [0.29, 0.717) is 6.61 Å². The fraction of sp³-hybridized carbons (Fsp3) is 0.714. The number of halogens is 1. The predicted octanol–water partition coefficient (Wildman–Crippen LogP) is -1.17. The summed E-state index contributed by atoms with van der Waals surface area (Å²) in [7, 11) is 0. The number of esters is 1. The third-order valence-electron chi connectivity index (χ3n) is 1.27. The Balaban J connectivity index is 0. The van der Waals surface area contributed by atoms with Crippen molar-refractivity contribution in [3.05, 3.63) is 0 Å². The minimum absolute atomic E-state index is 0. The number of aliphatic carboxylic acids is 1. The molecule has 0 aromatic carbocycles. The van der Waals surface area contributed by atoms with Crippen molar-refractivity contribution < 1.29 is 19.4 Å². The van der Waals surface area contributed by atoms with E-state index in [-0.39, 0.29) is 25.2 Å². The number of carboxylic acids is 1. The van der Waals surface area contributed by atoms with Gasteiger partial charge in [-0.3, -0.25) is 4.79 Å². The van der Waals surface area contributed by atoms with Crippen LogP contribution in [0.1, 0.15) is 19.8 Å². The summed E-state index contributed by atoms with van der Waals surface area (Å²) in [5, 5.41) is 10.1. The minimum atomic E-state index is -1.35. The molecule has 0 bridgehead atoms. The van der Waals surface area contributed by atoms with E-state index in [4.69, 9.17) is 5.73 Å². The van der Waals surface area contributed by atoms with Gasteiger partial charge in [0.2, 0.25) is 0 Å². The molecule has 1 unspecified atom stereocenters. The quantitative estimate of drug-likeness (QED) is 0.577. The van der Waals surface area contributed by atoms with Crippen LogP contribution in [0.25, 0.3) is 0 Å². The van der Waals surface area contributed by atoms with Crippen LogP contribution in [0.5, 0.6) is 0 Å². The summed E-state index contributed by atoms with van der Waals surface area (Å²) >= 11 is 0. The van der Waals surface area contributed by atoms with Gasteiger partial charge in [-0.2, -0.15) is 0 Å². The number of hydrogen-bond donors (Lipinski definition) is 1. The number of nitrogens with two attached hydrogens (primary N) is 1. The molecule has 0 amide bonds. The first-order valence-corrected chi connectivity index (χ1v) is 3.70. The number of ether oxygens (including phenoxy) is 1. The van der Waals surface area contributed by atoms with Gasteiger partial charge in [-0.1, -0.05) is 0 Å². The Labute approximate surface area is 82.7 Å². The molecule has 0 saturated heterocycles. The van der Waals surface area contributed by atoms with Crippen molar-refractivity contribution in [1.82, 2.24) is 0 Å². The maximum atomic E-state index is 10.7. The van der Waals surface area contributed by atoms with Crippen LogP contribution in [-0.4, -0.2) is 24.6 Å². The number of rotatable bonds is 5. The fourth-order valence-electron chi connectivity index (χ4n) is 0.624. The Bertz CT molecular complexity index is 174. The van der Waals surface area contributed by atoms with Gasteiger partial charge in [0, 0.05) is 12.5 Å². The van der Waals surface area contributed by atoms with Crippen LogP contribution in [0.15, 0.2) is 0 Å². The van der Waals surface area contributed by atoms with Crippen LogP contribution in [0, 0.1) is 0 Å². The molecule has 2 N–H and O–H groups in total. The van der Waals surface area contributed by atoms with Gasteiger partial charge in [0.05, 0.1) is 12.6 Å². The van der Waals surface area contributed by atoms with E-state index < -0.39 is 18.0 Å². The molecule has 0 spiro atoms. The molecule has 6 heteroatoms. The van der Waals surface area contributed by atoms with Crippen molar-refractivity contribution in [2.24, 2.45) is 5.73 Å². The van der Waals surface area contributed by atoms with Gasteiger partial charge in [0.1, 0.15) is 0 Å². The van der Waals surface area contributed by atoms with Crippen molar-refractivity contribution in [2.45, 2.75) is 25.8 Å². The second-order valence-electron chi connectivity index (χ2n) is 2.27. The Morgan fingerprint density at radius 3 is 2.46 bits per heavy atom. The van der Waals surface area contributed by atoms with Gasteiger partial charge >= 0.3 is 5.97 Å². The number of carbonyl (C=O) groups excluding carboxylic acids is 2. The van der Waals surface area contributed by atoms with Crippen LogP contribution in [0.3, 0.4) is 0 Å². The highest BCUT2D eigenvalue weighted by atomic mass is 35.5. The number of carboxylic acid groups (broad SMARTS) is 1. The van der Waals surface area contributed by atoms with Crippen molar-refractivity contribution in [3.8, 4) is 0 Å². The Morgan fingerprint density at radius 2 is 2.08 bits per heavy atom. The first-order valence-electron chi connectivity index (χ1n) is 3.70. The average molecular weight is 211 g/mol. The van der Waals surface area contributed by atoms with E-state index in [2.05, 4.69) is 4.74 Å². The fourth-order valence-corrected chi connectivity index (χ4v) is 0.624. The smallest absolute Gasteiger partial charge is 0.305 e. The number of hydrogen-bond acceptors (Lipinski definition) is 5. The Morgan fingerprint density at radius 1 is 1.54 bits per heavy atom. The van der Waals surface area contributed by atoms with Crippen molar-refractivity contribution in [3.63, 3.8) is 0 Å². The van der Waals surface area contributed by atoms with Crippen molar-refractivity contribution in [2.75, 3.05) is 6.61 Å². The first-order chi connectivity index (χ1) is 5.57. The van der Waals surface area contributed by atoms with Gasteiger partial charge in [-0.25, -0.2) is 0 Å². The third kappa shape index (κ3) is 7.55. The first kappa shape index (κ1) is 14.7. The normalized spacial score (nSPS) is 11.2. The standard InChI is InChI=1S/C7H13NO4.ClH/c1-2-12-6(9)4-3-5(8)7(10)11;/h5H,2-4,8H2,1H3,(H,10,11);1H/p-1. The average Bonchev–Trinajstić information content (AvgIpc) is 2.00. The molecular weight excluding hydrogens is 198 g/mol. The summed E-state index contributed by atoms with van der Waals surface area (Å²) in [5.74, 6) is -1.78. The zero-order chi connectivity index (χ0) is 9.56. The second-order valence-corrected chi connectivity index (χ2v) is 2.27.